The molecule has 0 radical (unpaired) electrons. The fourth-order valence-corrected chi connectivity index (χ4v) is 3.40. The number of unbranched alkanes of at least 4 members (excludes halogenated alkanes) is 2. The summed E-state index contributed by atoms with van der Waals surface area (Å²) in [5.41, 5.74) is 0.363. The van der Waals surface area contributed by atoms with Crippen LogP contribution < -0.4 is 15.0 Å². The molecule has 0 saturated carbocycles. The van der Waals surface area contributed by atoms with Gasteiger partial charge in [-0.3, -0.25) is 15.1 Å². The molecule has 2 aromatic rings. The van der Waals surface area contributed by atoms with Crippen LogP contribution in [0.15, 0.2) is 36.5 Å². The lowest BCUT2D eigenvalue weighted by molar-refractivity contribution is -0.138. The highest BCUT2D eigenvalue weighted by Gasteiger charge is 2.35. The van der Waals surface area contributed by atoms with E-state index >= 15 is 0 Å². The minimum absolute atomic E-state index is 0.0409. The van der Waals surface area contributed by atoms with Crippen molar-refractivity contribution < 1.29 is 22.7 Å². The normalized spacial score (nSPS) is 11.4. The number of hydrogen-bond acceptors (Lipinski definition) is 5. The standard InChI is InChI=1S/C22H26F3IN4O2S/c1-4-5-6-11-32-19-10-9-17(12-18(19)22(23,24)25)30(3)21(33)28-20(31)15-7-8-16(27-13-15)14-29(2)26/h7-10,12-13H,4-6,11,14H2,1-3H3,(H,28,31,33). The predicted molar refractivity (Wildman–Crippen MR) is 135 cm³/mol. The van der Waals surface area contributed by atoms with Gasteiger partial charge in [-0.2, -0.15) is 13.2 Å². The molecule has 0 saturated heterocycles. The van der Waals surface area contributed by atoms with Crippen molar-refractivity contribution in [1.82, 2.24) is 13.4 Å². The Morgan fingerprint density at radius 2 is 1.94 bits per heavy atom. The van der Waals surface area contributed by atoms with E-state index in [9.17, 15) is 18.0 Å². The molecule has 0 bridgehead atoms. The van der Waals surface area contributed by atoms with E-state index in [1.165, 1.54) is 30.3 Å². The first kappa shape index (κ1) is 27.3. The van der Waals surface area contributed by atoms with Crippen molar-refractivity contribution in [3.05, 3.63) is 53.3 Å². The number of nitrogens with zero attached hydrogens (tertiary/aromatic N) is 3. The van der Waals surface area contributed by atoms with E-state index in [4.69, 9.17) is 17.0 Å². The quantitative estimate of drug-likeness (QED) is 0.177. The number of rotatable bonds is 9. The van der Waals surface area contributed by atoms with Crippen LogP contribution in [0.4, 0.5) is 18.9 Å². The molecule has 0 aliphatic carbocycles. The molecule has 1 amide bonds. The van der Waals surface area contributed by atoms with Crippen LogP contribution in [-0.4, -0.2) is 39.8 Å². The molecule has 0 fully saturated rings. The Bertz CT molecular complexity index is 956. The number of ether oxygens (including phenoxy) is 1. The third kappa shape index (κ3) is 8.38. The summed E-state index contributed by atoms with van der Waals surface area (Å²) in [6.45, 7) is 2.83. The van der Waals surface area contributed by atoms with E-state index in [0.29, 0.717) is 13.0 Å². The van der Waals surface area contributed by atoms with Gasteiger partial charge in [-0.05, 0) is 56.0 Å². The smallest absolute Gasteiger partial charge is 0.420 e. The Morgan fingerprint density at radius 3 is 2.52 bits per heavy atom. The van der Waals surface area contributed by atoms with E-state index < -0.39 is 17.6 Å². The molecule has 11 heteroatoms. The number of carbonyl (C=O) groups excluding carboxylic acids is 1. The lowest BCUT2D eigenvalue weighted by atomic mass is 10.1. The van der Waals surface area contributed by atoms with Crippen LogP contribution in [0.1, 0.15) is 47.8 Å². The Hall–Kier alpha value is -1.99. The summed E-state index contributed by atoms with van der Waals surface area (Å²) in [6.07, 6.45) is -0.667. The summed E-state index contributed by atoms with van der Waals surface area (Å²) in [4.78, 5) is 18.0. The largest absolute Gasteiger partial charge is 0.493 e. The van der Waals surface area contributed by atoms with Crippen molar-refractivity contribution in [2.75, 3.05) is 25.6 Å². The number of thiocarbonyl (C=S) groups is 1. The summed E-state index contributed by atoms with van der Waals surface area (Å²) < 4.78 is 48.1. The maximum Gasteiger partial charge on any atom is 0.420 e. The minimum atomic E-state index is -4.60. The molecule has 0 aliphatic heterocycles. The molecule has 1 heterocycles. The highest BCUT2D eigenvalue weighted by molar-refractivity contribution is 14.1. The van der Waals surface area contributed by atoms with Crippen LogP contribution in [0.5, 0.6) is 5.75 Å². The highest BCUT2D eigenvalue weighted by atomic mass is 127. The number of aromatic nitrogens is 1. The van der Waals surface area contributed by atoms with E-state index in [2.05, 4.69) is 33.2 Å². The number of carbonyl (C=O) groups is 1. The van der Waals surface area contributed by atoms with Crippen LogP contribution in [0.25, 0.3) is 0 Å². The summed E-state index contributed by atoms with van der Waals surface area (Å²) >= 11 is 7.37. The molecular weight excluding hydrogens is 568 g/mol. The van der Waals surface area contributed by atoms with Gasteiger partial charge in [-0.15, -0.1) is 0 Å². The first-order chi connectivity index (χ1) is 15.5. The number of nitrogens with one attached hydrogen (secondary N) is 1. The Labute approximate surface area is 211 Å². The van der Waals surface area contributed by atoms with Crippen molar-refractivity contribution in [3.63, 3.8) is 0 Å². The van der Waals surface area contributed by atoms with E-state index in [-0.39, 0.29) is 28.7 Å². The van der Waals surface area contributed by atoms with Crippen LogP contribution in [-0.2, 0) is 12.7 Å². The van der Waals surface area contributed by atoms with Crippen LogP contribution >= 0.6 is 35.1 Å². The SMILES string of the molecule is CCCCCOc1ccc(N(C)C(=S)NC(=O)c2ccc(CN(C)I)nc2)cc1C(F)(F)F. The average molecular weight is 594 g/mol. The summed E-state index contributed by atoms with van der Waals surface area (Å²) in [5, 5.41) is 2.49. The Kier molecular flexibility index (Phi) is 10.3. The van der Waals surface area contributed by atoms with Crippen molar-refractivity contribution >= 4 is 51.8 Å². The van der Waals surface area contributed by atoms with Gasteiger partial charge in [0, 0.05) is 41.8 Å². The van der Waals surface area contributed by atoms with Crippen molar-refractivity contribution in [2.45, 2.75) is 38.9 Å². The lowest BCUT2D eigenvalue weighted by Gasteiger charge is -2.23. The molecular formula is C22H26F3IN4O2S. The van der Waals surface area contributed by atoms with Crippen LogP contribution in [0, 0.1) is 0 Å². The lowest BCUT2D eigenvalue weighted by Crippen LogP contribution is -2.40. The van der Waals surface area contributed by atoms with Gasteiger partial charge in [0.05, 0.1) is 30.0 Å². The zero-order valence-electron chi connectivity index (χ0n) is 18.6. The number of halogens is 4. The molecule has 0 unspecified atom stereocenters. The van der Waals surface area contributed by atoms with Crippen molar-refractivity contribution in [3.8, 4) is 5.75 Å². The molecule has 180 valence electrons. The van der Waals surface area contributed by atoms with Gasteiger partial charge in [-0.1, -0.05) is 19.8 Å². The number of benzene rings is 1. The maximum absolute atomic E-state index is 13.6. The van der Waals surface area contributed by atoms with E-state index in [1.807, 2.05) is 17.1 Å². The second-order valence-corrected chi connectivity index (χ2v) is 9.39. The molecule has 2 rings (SSSR count). The molecule has 0 spiro atoms. The molecule has 0 aliphatic rings. The molecule has 1 N–H and O–H groups in total. The second kappa shape index (κ2) is 12.5. The van der Waals surface area contributed by atoms with E-state index in [0.717, 1.165) is 24.6 Å². The van der Waals surface area contributed by atoms with Gasteiger partial charge >= 0.3 is 6.18 Å². The minimum Gasteiger partial charge on any atom is -0.493 e. The monoisotopic (exact) mass is 594 g/mol. The first-order valence-corrected chi connectivity index (χ1v) is 11.6. The predicted octanol–water partition coefficient (Wildman–Crippen LogP) is 5.60. The molecule has 1 aromatic carbocycles. The zero-order chi connectivity index (χ0) is 24.6. The van der Waals surface area contributed by atoms with Gasteiger partial charge in [0.1, 0.15) is 5.75 Å². The first-order valence-electron chi connectivity index (χ1n) is 10.3. The number of amides is 1. The van der Waals surface area contributed by atoms with Gasteiger partial charge in [0.15, 0.2) is 5.11 Å². The number of hydrogen-bond donors (Lipinski definition) is 1. The fourth-order valence-electron chi connectivity index (χ4n) is 2.85. The molecule has 6 nitrogen and oxygen atoms in total. The molecule has 33 heavy (non-hydrogen) atoms. The molecule has 1 aromatic heterocycles. The Morgan fingerprint density at radius 1 is 1.21 bits per heavy atom. The average Bonchev–Trinajstić information content (AvgIpc) is 2.75. The topological polar surface area (TPSA) is 57.7 Å². The zero-order valence-corrected chi connectivity index (χ0v) is 21.6. The maximum atomic E-state index is 13.6. The van der Waals surface area contributed by atoms with E-state index in [1.54, 1.807) is 12.1 Å². The van der Waals surface area contributed by atoms with Gasteiger partial charge < -0.3 is 9.64 Å². The Balaban J connectivity index is 2.11. The summed E-state index contributed by atoms with van der Waals surface area (Å²) in [7, 11) is 3.38. The summed E-state index contributed by atoms with van der Waals surface area (Å²) in [5.74, 6) is -0.727. The number of anilines is 1. The summed E-state index contributed by atoms with van der Waals surface area (Å²) in [6, 6.07) is 7.06. The van der Waals surface area contributed by atoms with Gasteiger partial charge in [-0.25, -0.2) is 3.11 Å². The fraction of sp³-hybridized carbons (Fsp3) is 0.409. The number of alkyl halides is 3. The van der Waals surface area contributed by atoms with Crippen LogP contribution in [0.3, 0.4) is 0 Å². The van der Waals surface area contributed by atoms with Gasteiger partial charge in [0.2, 0.25) is 0 Å². The number of pyridine rings is 1. The molecule has 0 atom stereocenters. The highest BCUT2D eigenvalue weighted by Crippen LogP contribution is 2.38. The third-order valence-corrected chi connectivity index (χ3v) is 5.37. The van der Waals surface area contributed by atoms with Crippen LogP contribution in [0.2, 0.25) is 0 Å². The van der Waals surface area contributed by atoms with Gasteiger partial charge in [0.25, 0.3) is 5.91 Å². The van der Waals surface area contributed by atoms with Crippen molar-refractivity contribution in [1.29, 1.82) is 0 Å². The van der Waals surface area contributed by atoms with Crippen molar-refractivity contribution in [2.24, 2.45) is 0 Å². The third-order valence-electron chi connectivity index (χ3n) is 4.65. The second-order valence-electron chi connectivity index (χ2n) is 7.35.